The zero-order valence-electron chi connectivity index (χ0n) is 8.76. The predicted molar refractivity (Wildman–Crippen MR) is 57.8 cm³/mol. The van der Waals surface area contributed by atoms with Gasteiger partial charge in [-0.25, -0.2) is 8.78 Å². The third-order valence-electron chi connectivity index (χ3n) is 1.99. The van der Waals surface area contributed by atoms with Crippen LogP contribution in [0.2, 0.25) is 0 Å². The van der Waals surface area contributed by atoms with E-state index in [-0.39, 0.29) is 6.42 Å². The fourth-order valence-corrected chi connectivity index (χ4v) is 1.32. The van der Waals surface area contributed by atoms with Crippen LogP contribution in [0.1, 0.15) is 18.1 Å². The van der Waals surface area contributed by atoms with Crippen LogP contribution in [0, 0.1) is 0 Å². The standard InChI is InChI=1S/C12H15F2N/c1-3-15-9-11-6-4-10(5-7-11)8-12(2,13)14/h3-7,15H,1,8-9H2,2H3. The molecule has 0 heterocycles. The maximum atomic E-state index is 12.7. The van der Waals surface area contributed by atoms with Crippen LogP contribution in [0.4, 0.5) is 8.78 Å². The predicted octanol–water partition coefficient (Wildman–Crippen LogP) is 3.12. The van der Waals surface area contributed by atoms with Crippen molar-refractivity contribution < 1.29 is 8.78 Å². The van der Waals surface area contributed by atoms with E-state index in [0.29, 0.717) is 12.1 Å². The first-order chi connectivity index (χ1) is 7.01. The van der Waals surface area contributed by atoms with E-state index in [4.69, 9.17) is 0 Å². The average Bonchev–Trinajstić information content (AvgIpc) is 2.14. The number of hydrogen-bond donors (Lipinski definition) is 1. The summed E-state index contributed by atoms with van der Waals surface area (Å²) in [5.41, 5.74) is 1.71. The first kappa shape index (κ1) is 11.7. The molecule has 15 heavy (non-hydrogen) atoms. The van der Waals surface area contributed by atoms with Gasteiger partial charge in [-0.2, -0.15) is 0 Å². The molecule has 0 aliphatic heterocycles. The summed E-state index contributed by atoms with van der Waals surface area (Å²) in [5.74, 6) is -2.64. The second-order valence-electron chi connectivity index (χ2n) is 3.65. The van der Waals surface area contributed by atoms with E-state index in [1.807, 2.05) is 12.1 Å². The highest BCUT2D eigenvalue weighted by Crippen LogP contribution is 2.19. The Morgan fingerprint density at radius 3 is 2.27 bits per heavy atom. The number of rotatable bonds is 5. The van der Waals surface area contributed by atoms with Crippen LogP contribution in [-0.2, 0) is 13.0 Å². The summed E-state index contributed by atoms with van der Waals surface area (Å²) >= 11 is 0. The summed E-state index contributed by atoms with van der Waals surface area (Å²) in [6.07, 6.45) is 1.40. The van der Waals surface area contributed by atoms with Crippen LogP contribution in [0.5, 0.6) is 0 Å². The maximum absolute atomic E-state index is 12.7. The van der Waals surface area contributed by atoms with Crippen molar-refractivity contribution in [1.82, 2.24) is 5.32 Å². The van der Waals surface area contributed by atoms with Gasteiger partial charge in [0.1, 0.15) is 0 Å². The molecule has 0 atom stereocenters. The van der Waals surface area contributed by atoms with Gasteiger partial charge in [-0.1, -0.05) is 30.8 Å². The molecule has 0 aliphatic rings. The average molecular weight is 211 g/mol. The molecule has 0 bridgehead atoms. The lowest BCUT2D eigenvalue weighted by Gasteiger charge is -2.10. The molecule has 0 saturated carbocycles. The molecular weight excluding hydrogens is 196 g/mol. The van der Waals surface area contributed by atoms with Crippen molar-refractivity contribution in [2.75, 3.05) is 0 Å². The number of benzene rings is 1. The molecule has 3 heteroatoms. The monoisotopic (exact) mass is 211 g/mol. The first-order valence-electron chi connectivity index (χ1n) is 4.81. The maximum Gasteiger partial charge on any atom is 0.249 e. The number of hydrogen-bond acceptors (Lipinski definition) is 1. The van der Waals surface area contributed by atoms with Gasteiger partial charge in [0.2, 0.25) is 5.92 Å². The van der Waals surface area contributed by atoms with E-state index in [0.717, 1.165) is 12.5 Å². The molecule has 0 saturated heterocycles. The number of alkyl halides is 2. The van der Waals surface area contributed by atoms with Crippen LogP contribution in [0.3, 0.4) is 0 Å². The second-order valence-corrected chi connectivity index (χ2v) is 3.65. The Morgan fingerprint density at radius 2 is 1.80 bits per heavy atom. The first-order valence-corrected chi connectivity index (χ1v) is 4.81. The molecule has 0 fully saturated rings. The molecule has 0 unspecified atom stereocenters. The van der Waals surface area contributed by atoms with Gasteiger partial charge in [-0.05, 0) is 24.3 Å². The smallest absolute Gasteiger partial charge is 0.249 e. The molecule has 1 N–H and O–H groups in total. The summed E-state index contributed by atoms with van der Waals surface area (Å²) in [4.78, 5) is 0. The van der Waals surface area contributed by atoms with Gasteiger partial charge in [0.15, 0.2) is 0 Å². The lowest BCUT2D eigenvalue weighted by atomic mass is 10.1. The van der Waals surface area contributed by atoms with Crippen molar-refractivity contribution in [1.29, 1.82) is 0 Å². The van der Waals surface area contributed by atoms with E-state index < -0.39 is 5.92 Å². The summed E-state index contributed by atoms with van der Waals surface area (Å²) in [6.45, 7) is 5.14. The van der Waals surface area contributed by atoms with E-state index >= 15 is 0 Å². The summed E-state index contributed by atoms with van der Waals surface area (Å²) in [7, 11) is 0. The second kappa shape index (κ2) is 4.91. The van der Waals surface area contributed by atoms with Crippen LogP contribution < -0.4 is 5.32 Å². The Morgan fingerprint density at radius 1 is 1.27 bits per heavy atom. The normalized spacial score (nSPS) is 11.1. The molecule has 1 aromatic rings. The van der Waals surface area contributed by atoms with Crippen molar-refractivity contribution in [2.24, 2.45) is 0 Å². The highest BCUT2D eigenvalue weighted by Gasteiger charge is 2.21. The molecule has 82 valence electrons. The zero-order valence-corrected chi connectivity index (χ0v) is 8.76. The lowest BCUT2D eigenvalue weighted by molar-refractivity contribution is 0.0226. The quantitative estimate of drug-likeness (QED) is 0.789. The largest absolute Gasteiger partial charge is 0.387 e. The molecule has 1 aromatic carbocycles. The van der Waals surface area contributed by atoms with Crippen LogP contribution >= 0.6 is 0 Å². The van der Waals surface area contributed by atoms with Crippen LogP contribution in [0.15, 0.2) is 37.0 Å². The van der Waals surface area contributed by atoms with Crippen molar-refractivity contribution in [2.45, 2.75) is 25.8 Å². The fourth-order valence-electron chi connectivity index (χ4n) is 1.32. The molecule has 0 spiro atoms. The SMILES string of the molecule is C=CNCc1ccc(CC(C)(F)F)cc1. The Hall–Kier alpha value is -1.38. The minimum absolute atomic E-state index is 0.206. The molecular formula is C12H15F2N. The molecule has 0 aliphatic carbocycles. The third kappa shape index (κ3) is 4.58. The highest BCUT2D eigenvalue weighted by atomic mass is 19.3. The Bertz CT molecular complexity index is 311. The van der Waals surface area contributed by atoms with Gasteiger partial charge in [0.05, 0.1) is 0 Å². The molecule has 0 aromatic heterocycles. The minimum Gasteiger partial charge on any atom is -0.387 e. The fraction of sp³-hybridized carbons (Fsp3) is 0.333. The van der Waals surface area contributed by atoms with Crippen molar-refractivity contribution >= 4 is 0 Å². The highest BCUT2D eigenvalue weighted by molar-refractivity contribution is 5.23. The van der Waals surface area contributed by atoms with Crippen LogP contribution in [-0.4, -0.2) is 5.92 Å². The Kier molecular flexibility index (Phi) is 3.83. The zero-order chi connectivity index (χ0) is 11.3. The van der Waals surface area contributed by atoms with Gasteiger partial charge >= 0.3 is 0 Å². The van der Waals surface area contributed by atoms with Crippen molar-refractivity contribution in [3.05, 3.63) is 48.2 Å². The minimum atomic E-state index is -2.64. The van der Waals surface area contributed by atoms with Gasteiger partial charge in [0, 0.05) is 13.0 Å². The van der Waals surface area contributed by atoms with Gasteiger partial charge in [-0.3, -0.25) is 0 Å². The lowest BCUT2D eigenvalue weighted by Crippen LogP contribution is -2.13. The van der Waals surface area contributed by atoms with E-state index in [1.165, 1.54) is 0 Å². The van der Waals surface area contributed by atoms with E-state index in [2.05, 4.69) is 11.9 Å². The van der Waals surface area contributed by atoms with Crippen molar-refractivity contribution in [3.63, 3.8) is 0 Å². The van der Waals surface area contributed by atoms with E-state index in [1.54, 1.807) is 18.3 Å². The summed E-state index contributed by atoms with van der Waals surface area (Å²) < 4.78 is 25.4. The Balaban J connectivity index is 2.60. The molecule has 0 amide bonds. The molecule has 1 rings (SSSR count). The van der Waals surface area contributed by atoms with Crippen LogP contribution in [0.25, 0.3) is 0 Å². The van der Waals surface area contributed by atoms with Crippen molar-refractivity contribution in [3.8, 4) is 0 Å². The molecule has 1 nitrogen and oxygen atoms in total. The number of halogens is 2. The summed E-state index contributed by atoms with van der Waals surface area (Å²) in [5, 5.41) is 2.95. The van der Waals surface area contributed by atoms with Gasteiger partial charge in [-0.15, -0.1) is 0 Å². The van der Waals surface area contributed by atoms with Gasteiger partial charge < -0.3 is 5.32 Å². The van der Waals surface area contributed by atoms with Gasteiger partial charge in [0.25, 0.3) is 0 Å². The third-order valence-corrected chi connectivity index (χ3v) is 1.99. The number of nitrogens with one attached hydrogen (secondary N) is 1. The topological polar surface area (TPSA) is 12.0 Å². The van der Waals surface area contributed by atoms with E-state index in [9.17, 15) is 8.78 Å². The summed E-state index contributed by atoms with van der Waals surface area (Å²) in [6, 6.07) is 7.16. The molecule has 0 radical (unpaired) electrons. The Labute approximate surface area is 88.8 Å².